The quantitative estimate of drug-likeness (QED) is 0.259. The van der Waals surface area contributed by atoms with E-state index in [1.807, 2.05) is 48.5 Å². The number of rotatable bonds is 14. The number of ether oxygens (including phenoxy) is 2. The normalized spacial score (nSPS) is 16.1. The number of quaternary nitrogens is 1. The van der Waals surface area contributed by atoms with Gasteiger partial charge in [0.2, 0.25) is 0 Å². The van der Waals surface area contributed by atoms with Crippen LogP contribution in [0.2, 0.25) is 0 Å². The van der Waals surface area contributed by atoms with E-state index in [-0.39, 0.29) is 4.97 Å². The van der Waals surface area contributed by atoms with Crippen molar-refractivity contribution in [2.75, 3.05) is 34.0 Å². The van der Waals surface area contributed by atoms with Crippen molar-refractivity contribution in [2.45, 2.75) is 91.5 Å². The van der Waals surface area contributed by atoms with Crippen LogP contribution in [-0.2, 0) is 24.0 Å². The van der Waals surface area contributed by atoms with Crippen LogP contribution in [-0.4, -0.2) is 55.8 Å². The molecule has 0 amide bonds. The van der Waals surface area contributed by atoms with Gasteiger partial charge in [-0.05, 0) is 54.9 Å². The summed E-state index contributed by atoms with van der Waals surface area (Å²) in [6.45, 7) is 17.6. The van der Waals surface area contributed by atoms with E-state index in [0.717, 1.165) is 19.3 Å². The second-order valence-electron chi connectivity index (χ2n) is 7.43. The van der Waals surface area contributed by atoms with Crippen LogP contribution in [0.15, 0.2) is 0 Å². The van der Waals surface area contributed by atoms with Crippen LogP contribution >= 0.6 is 0 Å². The monoisotopic (exact) mass is 364 g/mol. The molecule has 152 valence electrons. The first-order valence-corrected chi connectivity index (χ1v) is 9.49. The summed E-state index contributed by atoms with van der Waals surface area (Å²) in [5.41, 5.74) is -2.07. The Morgan fingerprint density at radius 3 is 1.60 bits per heavy atom. The highest BCUT2D eigenvalue weighted by atomic mass is 17.2. The highest BCUT2D eigenvalue weighted by Gasteiger charge is 2.59. The lowest BCUT2D eigenvalue weighted by Gasteiger charge is -2.51. The summed E-state index contributed by atoms with van der Waals surface area (Å²) in [7, 11) is 3.36. The first kappa shape index (κ1) is 24.8. The van der Waals surface area contributed by atoms with Crippen LogP contribution in [0.5, 0.6) is 0 Å². The lowest BCUT2D eigenvalue weighted by molar-refractivity contribution is -1.37. The predicted molar refractivity (Wildman–Crippen MR) is 99.6 cm³/mol. The minimum absolute atomic E-state index is 0.293. The van der Waals surface area contributed by atoms with E-state index < -0.39 is 16.8 Å². The van der Waals surface area contributed by atoms with Crippen molar-refractivity contribution in [1.82, 2.24) is 0 Å². The number of methoxy groups -OCH3 is 2. The Bertz CT molecular complexity index is 367. The summed E-state index contributed by atoms with van der Waals surface area (Å²) < 4.78 is 11.6. The largest absolute Gasteiger partial charge is 0.376 e. The van der Waals surface area contributed by atoms with Gasteiger partial charge < -0.3 is 9.47 Å². The Morgan fingerprint density at radius 2 is 1.24 bits per heavy atom. The Labute approximate surface area is 155 Å². The van der Waals surface area contributed by atoms with E-state index in [1.54, 1.807) is 14.2 Å². The third-order valence-corrected chi connectivity index (χ3v) is 5.27. The molecule has 0 bridgehead atoms. The van der Waals surface area contributed by atoms with E-state index in [0.29, 0.717) is 19.8 Å². The van der Waals surface area contributed by atoms with Gasteiger partial charge in [-0.2, -0.15) is 0 Å². The summed E-state index contributed by atoms with van der Waals surface area (Å²) in [5.74, 6) is 0. The molecule has 0 spiro atoms. The summed E-state index contributed by atoms with van der Waals surface area (Å²) >= 11 is 0. The van der Waals surface area contributed by atoms with Crippen LogP contribution in [0.25, 0.3) is 0 Å². The van der Waals surface area contributed by atoms with Crippen molar-refractivity contribution in [3.05, 3.63) is 0 Å². The molecule has 0 N–H and O–H groups in total. The lowest BCUT2D eigenvalue weighted by Crippen LogP contribution is -2.68. The molecule has 0 heterocycles. The van der Waals surface area contributed by atoms with Crippen molar-refractivity contribution < 1.29 is 29.0 Å². The number of hydrogen-bond acceptors (Lipinski definition) is 5. The third kappa shape index (κ3) is 5.88. The Hall–Kier alpha value is -0.240. The van der Waals surface area contributed by atoms with Crippen molar-refractivity contribution in [1.29, 1.82) is 0 Å². The molecule has 0 aliphatic rings. The second-order valence-corrected chi connectivity index (χ2v) is 7.43. The average Bonchev–Trinajstić information content (AvgIpc) is 2.54. The molecule has 1 unspecified atom stereocenters. The summed E-state index contributed by atoms with van der Waals surface area (Å²) in [6, 6.07) is 0. The van der Waals surface area contributed by atoms with E-state index in [1.165, 1.54) is 0 Å². The van der Waals surface area contributed by atoms with Crippen LogP contribution < -0.4 is 0 Å². The summed E-state index contributed by atoms with van der Waals surface area (Å²) in [4.78, 5) is 18.1. The highest BCUT2D eigenvalue weighted by Crippen LogP contribution is 2.42. The molecule has 1 atom stereocenters. The predicted octanol–water partition coefficient (Wildman–Crippen LogP) is 4.44. The van der Waals surface area contributed by atoms with Crippen LogP contribution in [0, 0.1) is 0 Å². The maximum Gasteiger partial charge on any atom is 0.178 e. The summed E-state index contributed by atoms with van der Waals surface area (Å²) in [5, 5.41) is 0. The van der Waals surface area contributed by atoms with E-state index in [4.69, 9.17) is 24.0 Å². The molecule has 0 aromatic heterocycles. The minimum Gasteiger partial charge on any atom is -0.376 e. The molecular weight excluding hydrogens is 322 g/mol. The SMILES string of the molecule is CCCCC[N+](OCC)(OCC)OC(C)(C)C(C)(OC)C(C)(C)OC. The first-order valence-electron chi connectivity index (χ1n) is 9.49. The van der Waals surface area contributed by atoms with Crippen molar-refractivity contribution in [3.8, 4) is 0 Å². The maximum atomic E-state index is 6.49. The second kappa shape index (κ2) is 10.2. The van der Waals surface area contributed by atoms with E-state index >= 15 is 0 Å². The smallest absolute Gasteiger partial charge is 0.178 e. The number of nitrogens with zero attached hydrogens (tertiary/aromatic N) is 1. The highest BCUT2D eigenvalue weighted by molar-refractivity contribution is 5.04. The van der Waals surface area contributed by atoms with Gasteiger partial charge in [0.15, 0.2) is 12.1 Å². The molecule has 0 aromatic rings. The average molecular weight is 365 g/mol. The molecule has 0 rings (SSSR count). The van der Waals surface area contributed by atoms with Crippen LogP contribution in [0.4, 0.5) is 0 Å². The zero-order chi connectivity index (χ0) is 19.8. The molecule has 0 aliphatic carbocycles. The van der Waals surface area contributed by atoms with E-state index in [9.17, 15) is 0 Å². The molecule has 0 fully saturated rings. The zero-order valence-electron chi connectivity index (χ0n) is 18.2. The van der Waals surface area contributed by atoms with Crippen molar-refractivity contribution in [2.24, 2.45) is 0 Å². The minimum atomic E-state index is -0.752. The Balaban J connectivity index is 5.73. The molecule has 0 aliphatic heterocycles. The zero-order valence-corrected chi connectivity index (χ0v) is 18.2. The fourth-order valence-corrected chi connectivity index (χ4v) is 3.06. The van der Waals surface area contributed by atoms with Gasteiger partial charge in [-0.3, -0.25) is 0 Å². The standard InChI is InChI=1S/C19H42NO5/c1-11-14-15-16-20(23-12-2,24-13-3)25-18(6,7)19(8,22-10)17(4,5)21-9/h11-16H2,1-10H3/q+1. The Morgan fingerprint density at radius 1 is 0.720 bits per heavy atom. The molecule has 0 saturated heterocycles. The van der Waals surface area contributed by atoms with Crippen molar-refractivity contribution >= 4 is 0 Å². The fraction of sp³-hybridized carbons (Fsp3) is 1.00. The Kier molecular flexibility index (Phi) is 10.1. The fourth-order valence-electron chi connectivity index (χ4n) is 3.06. The molecule has 0 radical (unpaired) electrons. The number of unbranched alkanes of at least 4 members (excludes halogenated alkanes) is 2. The first-order chi connectivity index (χ1) is 11.5. The van der Waals surface area contributed by atoms with Gasteiger partial charge in [-0.25, -0.2) is 0 Å². The van der Waals surface area contributed by atoms with Gasteiger partial charge in [0.1, 0.15) is 18.8 Å². The topological polar surface area (TPSA) is 46.2 Å². The molecule has 6 heteroatoms. The molecular formula is C19H42NO5+. The summed E-state index contributed by atoms with van der Waals surface area (Å²) in [6.07, 6.45) is 3.16. The van der Waals surface area contributed by atoms with Gasteiger partial charge in [-0.1, -0.05) is 13.3 Å². The lowest BCUT2D eigenvalue weighted by atomic mass is 9.75. The molecule has 0 aromatic carbocycles. The van der Waals surface area contributed by atoms with Crippen LogP contribution in [0.1, 0.15) is 74.7 Å². The van der Waals surface area contributed by atoms with Gasteiger partial charge in [0.25, 0.3) is 0 Å². The molecule has 6 nitrogen and oxygen atoms in total. The van der Waals surface area contributed by atoms with Gasteiger partial charge in [0, 0.05) is 20.6 Å². The molecule has 25 heavy (non-hydrogen) atoms. The van der Waals surface area contributed by atoms with Gasteiger partial charge in [0.05, 0.1) is 10.6 Å². The van der Waals surface area contributed by atoms with Crippen LogP contribution in [0.3, 0.4) is 0 Å². The van der Waals surface area contributed by atoms with E-state index in [2.05, 4.69) is 6.92 Å². The van der Waals surface area contributed by atoms with Crippen molar-refractivity contribution in [3.63, 3.8) is 0 Å². The van der Waals surface area contributed by atoms with Gasteiger partial charge >= 0.3 is 0 Å². The number of hydrogen-bond donors (Lipinski definition) is 0. The number of hydroxylamine groups is 3. The maximum absolute atomic E-state index is 6.49. The molecule has 0 saturated carbocycles. The third-order valence-electron chi connectivity index (χ3n) is 5.27. The van der Waals surface area contributed by atoms with Gasteiger partial charge in [-0.15, -0.1) is 14.5 Å².